The number of ether oxygens (including phenoxy) is 1. The van der Waals surface area contributed by atoms with Crippen molar-refractivity contribution >= 4 is 45.0 Å². The van der Waals surface area contributed by atoms with Crippen molar-refractivity contribution in [2.24, 2.45) is 0 Å². The fourth-order valence-electron chi connectivity index (χ4n) is 2.58. The Hall–Kier alpha value is -3.92. The molecule has 0 spiro atoms. The molecule has 3 rings (SSSR count). The van der Waals surface area contributed by atoms with Crippen LogP contribution in [-0.4, -0.2) is 54.9 Å². The fourth-order valence-corrected chi connectivity index (χ4v) is 2.81. The van der Waals surface area contributed by atoms with Crippen LogP contribution in [0, 0.1) is 0 Å². The maximum atomic E-state index is 12.9. The summed E-state index contributed by atoms with van der Waals surface area (Å²) in [4.78, 5) is 27.7. The third-order valence-electron chi connectivity index (χ3n) is 4.07. The number of aliphatic hydroxyl groups excluding tert-OH is 1. The standard InChI is InChI=1S/C21H16ClF3N4O3.C2H6O.CH4O3S/c1-26-19(30)18-11-15(8-9-27-18)32-14-5-2-12(3-6-14)28-20(31)29-13-4-7-17(22)16(10-13)21(23,24)25;1-2-3;1-5(2,3)4/h2-11H,1H3,(H,26,30)(H2,28,29,31);3H,2H2,1H3;1H3,(H,2,3,4). The Morgan fingerprint density at radius 1 is 1.00 bits per heavy atom. The molecule has 0 radical (unpaired) electrons. The van der Waals surface area contributed by atoms with E-state index in [0.717, 1.165) is 12.1 Å². The zero-order valence-electron chi connectivity index (χ0n) is 21.3. The number of carbonyl (C=O) groups is 2. The van der Waals surface area contributed by atoms with E-state index >= 15 is 0 Å². The fraction of sp³-hybridized carbons (Fsp3) is 0.208. The SMILES string of the molecule is CCO.CNC(=O)c1cc(Oc2ccc(NC(=O)Nc3ccc(Cl)c(C(F)(F)F)c3)cc2)ccn1.CS(=O)(=O)O. The molecule has 0 saturated carbocycles. The molecule has 0 unspecified atom stereocenters. The largest absolute Gasteiger partial charge is 0.457 e. The topological polar surface area (TPSA) is 167 Å². The molecular formula is C24H26ClF3N4O7S. The van der Waals surface area contributed by atoms with Gasteiger partial charge in [-0.3, -0.25) is 14.3 Å². The average Bonchev–Trinajstić information content (AvgIpc) is 2.85. The van der Waals surface area contributed by atoms with E-state index in [2.05, 4.69) is 20.9 Å². The number of aliphatic hydroxyl groups is 1. The van der Waals surface area contributed by atoms with Crippen molar-refractivity contribution in [2.75, 3.05) is 30.5 Å². The first-order valence-electron chi connectivity index (χ1n) is 11.0. The number of halogens is 4. The van der Waals surface area contributed by atoms with E-state index in [9.17, 15) is 31.2 Å². The predicted octanol–water partition coefficient (Wildman–Crippen LogP) is 5.05. The summed E-state index contributed by atoms with van der Waals surface area (Å²) in [5.41, 5.74) is -0.547. The lowest BCUT2D eigenvalue weighted by Gasteiger charge is -2.12. The third-order valence-corrected chi connectivity index (χ3v) is 4.40. The highest BCUT2D eigenvalue weighted by molar-refractivity contribution is 7.85. The van der Waals surface area contributed by atoms with Crippen LogP contribution in [0.4, 0.5) is 29.3 Å². The summed E-state index contributed by atoms with van der Waals surface area (Å²) in [5, 5.41) is 14.4. The molecule has 1 aromatic heterocycles. The molecule has 2 aromatic carbocycles. The first-order valence-corrected chi connectivity index (χ1v) is 13.2. The summed E-state index contributed by atoms with van der Waals surface area (Å²) in [7, 11) is -2.18. The Balaban J connectivity index is 0.000000884. The molecule has 5 N–H and O–H groups in total. The van der Waals surface area contributed by atoms with Crippen LogP contribution in [0.3, 0.4) is 0 Å². The van der Waals surface area contributed by atoms with Gasteiger partial charge in [-0.25, -0.2) is 4.79 Å². The molecule has 0 aliphatic rings. The highest BCUT2D eigenvalue weighted by atomic mass is 35.5. The number of pyridine rings is 1. The van der Waals surface area contributed by atoms with E-state index < -0.39 is 32.9 Å². The summed E-state index contributed by atoms with van der Waals surface area (Å²) in [6.07, 6.45) is -2.49. The minimum atomic E-state index is -4.64. The number of hydrogen-bond acceptors (Lipinski definition) is 7. The van der Waals surface area contributed by atoms with E-state index in [1.165, 1.54) is 25.4 Å². The van der Waals surface area contributed by atoms with Gasteiger partial charge < -0.3 is 25.8 Å². The second kappa shape index (κ2) is 15.6. The monoisotopic (exact) mass is 606 g/mol. The lowest BCUT2D eigenvalue weighted by Crippen LogP contribution is -2.19. The van der Waals surface area contributed by atoms with Crippen LogP contribution < -0.4 is 20.7 Å². The Morgan fingerprint density at radius 3 is 2.05 bits per heavy atom. The van der Waals surface area contributed by atoms with Crippen LogP contribution in [0.1, 0.15) is 23.0 Å². The maximum absolute atomic E-state index is 12.9. The van der Waals surface area contributed by atoms with Crippen molar-refractivity contribution in [3.8, 4) is 11.5 Å². The molecule has 0 atom stereocenters. The van der Waals surface area contributed by atoms with Crippen LogP contribution >= 0.6 is 11.6 Å². The van der Waals surface area contributed by atoms with Gasteiger partial charge in [0.2, 0.25) is 0 Å². The van der Waals surface area contributed by atoms with Crippen LogP contribution in [0.5, 0.6) is 11.5 Å². The number of urea groups is 1. The van der Waals surface area contributed by atoms with Crippen molar-refractivity contribution in [3.05, 3.63) is 77.1 Å². The van der Waals surface area contributed by atoms with E-state index in [-0.39, 0.29) is 23.9 Å². The highest BCUT2D eigenvalue weighted by Crippen LogP contribution is 2.36. The number of carbonyl (C=O) groups excluding carboxylic acids is 2. The summed E-state index contributed by atoms with van der Waals surface area (Å²) in [6, 6.07) is 11.6. The number of anilines is 2. The molecule has 0 fully saturated rings. The van der Waals surface area contributed by atoms with Gasteiger partial charge in [0, 0.05) is 37.3 Å². The van der Waals surface area contributed by atoms with Crippen LogP contribution in [0.25, 0.3) is 0 Å². The zero-order chi connectivity index (χ0) is 30.5. The molecule has 3 amide bonds. The number of alkyl halides is 3. The number of nitrogens with one attached hydrogen (secondary N) is 3. The lowest BCUT2D eigenvalue weighted by atomic mass is 10.2. The van der Waals surface area contributed by atoms with Crippen molar-refractivity contribution in [1.29, 1.82) is 0 Å². The zero-order valence-corrected chi connectivity index (χ0v) is 22.9. The molecule has 0 bridgehead atoms. The number of benzene rings is 2. The molecule has 0 saturated heterocycles. The lowest BCUT2D eigenvalue weighted by molar-refractivity contribution is -0.137. The van der Waals surface area contributed by atoms with Gasteiger partial charge in [-0.05, 0) is 55.5 Å². The van der Waals surface area contributed by atoms with Crippen molar-refractivity contribution in [3.63, 3.8) is 0 Å². The van der Waals surface area contributed by atoms with Gasteiger partial charge in [0.1, 0.15) is 17.2 Å². The Labute approximate surface area is 233 Å². The average molecular weight is 607 g/mol. The molecule has 40 heavy (non-hydrogen) atoms. The molecule has 1 heterocycles. The Bertz CT molecular complexity index is 1380. The number of nitrogens with zero attached hydrogens (tertiary/aromatic N) is 1. The van der Waals surface area contributed by atoms with Crippen LogP contribution in [0.2, 0.25) is 5.02 Å². The van der Waals surface area contributed by atoms with E-state index in [1.807, 2.05) is 0 Å². The summed E-state index contributed by atoms with van der Waals surface area (Å²) < 4.78 is 70.3. The molecule has 0 aliphatic heterocycles. The minimum absolute atomic E-state index is 0.0659. The van der Waals surface area contributed by atoms with E-state index in [1.54, 1.807) is 37.3 Å². The Morgan fingerprint density at radius 2 is 1.52 bits per heavy atom. The van der Waals surface area contributed by atoms with Crippen molar-refractivity contribution in [1.82, 2.24) is 10.3 Å². The summed E-state index contributed by atoms with van der Waals surface area (Å²) in [6.45, 7) is 1.93. The van der Waals surface area contributed by atoms with E-state index in [4.69, 9.17) is 26.0 Å². The predicted molar refractivity (Wildman–Crippen MR) is 143 cm³/mol. The molecule has 16 heteroatoms. The Kier molecular flexibility index (Phi) is 13.3. The van der Waals surface area contributed by atoms with Gasteiger partial charge >= 0.3 is 12.2 Å². The summed E-state index contributed by atoms with van der Waals surface area (Å²) in [5.74, 6) is 0.460. The summed E-state index contributed by atoms with van der Waals surface area (Å²) >= 11 is 5.57. The molecule has 3 aromatic rings. The molecule has 0 aliphatic carbocycles. The maximum Gasteiger partial charge on any atom is 0.417 e. The number of aromatic nitrogens is 1. The quantitative estimate of drug-likeness (QED) is 0.251. The van der Waals surface area contributed by atoms with Gasteiger partial charge in [0.25, 0.3) is 16.0 Å². The van der Waals surface area contributed by atoms with E-state index in [0.29, 0.717) is 23.4 Å². The van der Waals surface area contributed by atoms with Crippen molar-refractivity contribution < 1.29 is 45.6 Å². The molecule has 218 valence electrons. The van der Waals surface area contributed by atoms with Gasteiger partial charge in [-0.2, -0.15) is 21.6 Å². The third kappa shape index (κ3) is 13.2. The highest BCUT2D eigenvalue weighted by Gasteiger charge is 2.33. The van der Waals surface area contributed by atoms with Gasteiger partial charge in [-0.1, -0.05) is 11.6 Å². The second-order valence-electron chi connectivity index (χ2n) is 7.40. The number of amides is 3. The normalized spacial score (nSPS) is 10.6. The van der Waals surface area contributed by atoms with Gasteiger partial charge in [-0.15, -0.1) is 0 Å². The first kappa shape index (κ1) is 34.1. The van der Waals surface area contributed by atoms with Gasteiger partial charge in [0.15, 0.2) is 0 Å². The minimum Gasteiger partial charge on any atom is -0.457 e. The number of hydrogen-bond donors (Lipinski definition) is 5. The number of rotatable bonds is 5. The molecule has 11 nitrogen and oxygen atoms in total. The van der Waals surface area contributed by atoms with Crippen LogP contribution in [0.15, 0.2) is 60.8 Å². The van der Waals surface area contributed by atoms with Crippen molar-refractivity contribution in [2.45, 2.75) is 13.1 Å². The first-order chi connectivity index (χ1) is 18.6. The second-order valence-corrected chi connectivity index (χ2v) is 9.28. The van der Waals surface area contributed by atoms with Crippen LogP contribution in [-0.2, 0) is 16.3 Å². The molecular weight excluding hydrogens is 581 g/mol. The smallest absolute Gasteiger partial charge is 0.417 e. The van der Waals surface area contributed by atoms with Gasteiger partial charge in [0.05, 0.1) is 16.8 Å².